The zero-order valence-electron chi connectivity index (χ0n) is 12.1. The predicted molar refractivity (Wildman–Crippen MR) is 82.2 cm³/mol. The molecule has 3 rings (SSSR count). The van der Waals surface area contributed by atoms with Crippen LogP contribution in [0, 0.1) is 5.82 Å². The number of anilines is 1. The molecule has 22 heavy (non-hydrogen) atoms. The van der Waals surface area contributed by atoms with Gasteiger partial charge in [-0.2, -0.15) is 0 Å². The van der Waals surface area contributed by atoms with Crippen molar-refractivity contribution in [3.63, 3.8) is 0 Å². The third kappa shape index (κ3) is 2.54. The van der Waals surface area contributed by atoms with Gasteiger partial charge in [-0.3, -0.25) is 4.31 Å². The van der Waals surface area contributed by atoms with Crippen molar-refractivity contribution in [2.24, 2.45) is 0 Å². The summed E-state index contributed by atoms with van der Waals surface area (Å²) in [5.41, 5.74) is 1.60. The second-order valence-electron chi connectivity index (χ2n) is 5.13. The first-order chi connectivity index (χ1) is 10.5. The maximum atomic E-state index is 13.0. The molecule has 0 unspecified atom stereocenters. The van der Waals surface area contributed by atoms with Crippen LogP contribution in [0.4, 0.5) is 10.1 Å². The smallest absolute Gasteiger partial charge is 0.264 e. The first kappa shape index (κ1) is 14.8. The quantitative estimate of drug-likeness (QED) is 0.873. The van der Waals surface area contributed by atoms with E-state index in [1.165, 1.54) is 16.4 Å². The first-order valence-corrected chi connectivity index (χ1v) is 8.41. The van der Waals surface area contributed by atoms with Gasteiger partial charge in [0.2, 0.25) is 0 Å². The molecule has 0 radical (unpaired) electrons. The van der Waals surface area contributed by atoms with E-state index < -0.39 is 15.8 Å². The number of benzene rings is 2. The lowest BCUT2D eigenvalue weighted by molar-refractivity contribution is 0.414. The molecule has 0 bridgehead atoms. The molecular weight excluding hydrogens is 305 g/mol. The normalized spacial score (nSPS) is 14.5. The molecule has 0 spiro atoms. The number of methoxy groups -OCH3 is 1. The molecule has 116 valence electrons. The summed E-state index contributed by atoms with van der Waals surface area (Å²) in [7, 11) is -2.10. The van der Waals surface area contributed by atoms with Crippen molar-refractivity contribution in [2.45, 2.75) is 17.7 Å². The Morgan fingerprint density at radius 2 is 1.86 bits per heavy atom. The number of ether oxygens (including phenoxy) is 1. The molecular formula is C16H16FNO3S. The van der Waals surface area contributed by atoms with E-state index in [2.05, 4.69) is 0 Å². The van der Waals surface area contributed by atoms with Crippen molar-refractivity contribution < 1.29 is 17.5 Å². The molecule has 6 heteroatoms. The molecule has 0 fully saturated rings. The van der Waals surface area contributed by atoms with Crippen LogP contribution in [0.25, 0.3) is 0 Å². The molecule has 2 aromatic carbocycles. The number of halogens is 1. The number of nitrogens with zero attached hydrogens (tertiary/aromatic N) is 1. The Hall–Kier alpha value is -2.08. The molecule has 4 nitrogen and oxygen atoms in total. The molecule has 0 saturated heterocycles. The largest absolute Gasteiger partial charge is 0.497 e. The molecule has 2 aromatic rings. The molecule has 1 aliphatic heterocycles. The van der Waals surface area contributed by atoms with Gasteiger partial charge in [-0.25, -0.2) is 12.8 Å². The van der Waals surface area contributed by atoms with Gasteiger partial charge in [0.05, 0.1) is 17.7 Å². The van der Waals surface area contributed by atoms with Crippen LogP contribution in [0.3, 0.4) is 0 Å². The lowest BCUT2D eigenvalue weighted by Crippen LogP contribution is -2.35. The van der Waals surface area contributed by atoms with E-state index in [0.717, 1.165) is 30.5 Å². The summed E-state index contributed by atoms with van der Waals surface area (Å²) < 4.78 is 45.2. The fourth-order valence-corrected chi connectivity index (χ4v) is 4.19. The third-order valence-electron chi connectivity index (χ3n) is 3.76. The first-order valence-electron chi connectivity index (χ1n) is 6.97. The van der Waals surface area contributed by atoms with Gasteiger partial charge >= 0.3 is 0 Å². The Morgan fingerprint density at radius 3 is 2.55 bits per heavy atom. The molecule has 1 heterocycles. The van der Waals surface area contributed by atoms with Crippen LogP contribution >= 0.6 is 0 Å². The zero-order valence-corrected chi connectivity index (χ0v) is 12.9. The standard InChI is InChI=1S/C16H16FNO3S/c1-21-14-6-9-16-12(11-14)3-2-10-18(16)22(19,20)15-7-4-13(17)5-8-15/h4-9,11H,2-3,10H2,1H3. The van der Waals surface area contributed by atoms with E-state index in [0.29, 0.717) is 18.0 Å². The van der Waals surface area contributed by atoms with E-state index in [1.807, 2.05) is 6.07 Å². The van der Waals surface area contributed by atoms with Gasteiger partial charge in [-0.15, -0.1) is 0 Å². The van der Waals surface area contributed by atoms with E-state index in [-0.39, 0.29) is 4.90 Å². The van der Waals surface area contributed by atoms with Gasteiger partial charge in [0.1, 0.15) is 11.6 Å². The lowest BCUT2D eigenvalue weighted by atomic mass is 10.0. The maximum Gasteiger partial charge on any atom is 0.264 e. The average Bonchev–Trinajstić information content (AvgIpc) is 2.54. The van der Waals surface area contributed by atoms with Crippen LogP contribution in [0.2, 0.25) is 0 Å². The summed E-state index contributed by atoms with van der Waals surface area (Å²) in [4.78, 5) is 0.0950. The van der Waals surface area contributed by atoms with Gasteiger partial charge in [-0.1, -0.05) is 0 Å². The minimum absolute atomic E-state index is 0.0950. The summed E-state index contributed by atoms with van der Waals surface area (Å²) in [5.74, 6) is 0.252. The third-order valence-corrected chi connectivity index (χ3v) is 5.59. The second kappa shape index (κ2) is 5.61. The fraction of sp³-hybridized carbons (Fsp3) is 0.250. The van der Waals surface area contributed by atoms with Crippen LogP contribution in [0.1, 0.15) is 12.0 Å². The average molecular weight is 321 g/mol. The Labute approximate surface area is 129 Å². The highest BCUT2D eigenvalue weighted by Crippen LogP contribution is 2.34. The Morgan fingerprint density at radius 1 is 1.14 bits per heavy atom. The second-order valence-corrected chi connectivity index (χ2v) is 6.99. The van der Waals surface area contributed by atoms with E-state index >= 15 is 0 Å². The van der Waals surface area contributed by atoms with Crippen molar-refractivity contribution >= 4 is 15.7 Å². The predicted octanol–water partition coefficient (Wildman–Crippen LogP) is 2.98. The van der Waals surface area contributed by atoms with Crippen molar-refractivity contribution in [2.75, 3.05) is 18.0 Å². The lowest BCUT2D eigenvalue weighted by Gasteiger charge is -2.30. The molecule has 0 aromatic heterocycles. The van der Waals surface area contributed by atoms with E-state index in [4.69, 9.17) is 4.74 Å². The molecule has 0 N–H and O–H groups in total. The molecule has 1 aliphatic rings. The Balaban J connectivity index is 2.05. The van der Waals surface area contributed by atoms with Crippen LogP contribution in [0.15, 0.2) is 47.4 Å². The van der Waals surface area contributed by atoms with Crippen LogP contribution < -0.4 is 9.04 Å². The van der Waals surface area contributed by atoms with Crippen molar-refractivity contribution in [3.05, 3.63) is 53.8 Å². The summed E-state index contributed by atoms with van der Waals surface area (Å²) in [6.45, 7) is 0.416. The SMILES string of the molecule is COc1ccc2c(c1)CCCN2S(=O)(=O)c1ccc(F)cc1. The molecule has 0 aliphatic carbocycles. The highest BCUT2D eigenvalue weighted by molar-refractivity contribution is 7.92. The Bertz CT molecular complexity index is 788. The van der Waals surface area contributed by atoms with Crippen LogP contribution in [-0.2, 0) is 16.4 Å². The van der Waals surface area contributed by atoms with Gasteiger partial charge in [0.15, 0.2) is 0 Å². The summed E-state index contributed by atoms with van der Waals surface area (Å²) >= 11 is 0. The number of fused-ring (bicyclic) bond motifs is 1. The molecule has 0 atom stereocenters. The number of aryl methyl sites for hydroxylation is 1. The fourth-order valence-electron chi connectivity index (χ4n) is 2.65. The van der Waals surface area contributed by atoms with Gasteiger partial charge < -0.3 is 4.74 Å². The molecule has 0 saturated carbocycles. The summed E-state index contributed by atoms with van der Waals surface area (Å²) in [5, 5.41) is 0. The van der Waals surface area contributed by atoms with Crippen molar-refractivity contribution in [1.29, 1.82) is 0 Å². The van der Waals surface area contributed by atoms with Gasteiger partial charge in [-0.05, 0) is 60.9 Å². The minimum atomic E-state index is -3.69. The number of sulfonamides is 1. The van der Waals surface area contributed by atoms with Gasteiger partial charge in [0, 0.05) is 6.54 Å². The van der Waals surface area contributed by atoms with Crippen molar-refractivity contribution in [3.8, 4) is 5.75 Å². The zero-order chi connectivity index (χ0) is 15.7. The highest BCUT2D eigenvalue weighted by atomic mass is 32.2. The topological polar surface area (TPSA) is 46.6 Å². The monoisotopic (exact) mass is 321 g/mol. The number of rotatable bonds is 3. The minimum Gasteiger partial charge on any atom is -0.497 e. The summed E-state index contributed by atoms with van der Waals surface area (Å²) in [6, 6.07) is 10.3. The maximum absolute atomic E-state index is 13.0. The summed E-state index contributed by atoms with van der Waals surface area (Å²) in [6.07, 6.45) is 1.54. The highest BCUT2D eigenvalue weighted by Gasteiger charge is 2.29. The van der Waals surface area contributed by atoms with Crippen molar-refractivity contribution in [1.82, 2.24) is 0 Å². The Kier molecular flexibility index (Phi) is 3.78. The van der Waals surface area contributed by atoms with Crippen LogP contribution in [0.5, 0.6) is 5.75 Å². The number of hydrogen-bond acceptors (Lipinski definition) is 3. The van der Waals surface area contributed by atoms with E-state index in [9.17, 15) is 12.8 Å². The number of hydrogen-bond donors (Lipinski definition) is 0. The molecule has 0 amide bonds. The van der Waals surface area contributed by atoms with Gasteiger partial charge in [0.25, 0.3) is 10.0 Å². The van der Waals surface area contributed by atoms with Crippen LogP contribution in [-0.4, -0.2) is 22.1 Å². The van der Waals surface area contributed by atoms with E-state index in [1.54, 1.807) is 19.2 Å².